The molecule has 0 N–H and O–H groups in total. The Kier molecular flexibility index (Phi) is 5.97. The van der Waals surface area contributed by atoms with E-state index in [4.69, 9.17) is 21.1 Å². The second-order valence-corrected chi connectivity index (χ2v) is 7.80. The van der Waals surface area contributed by atoms with Crippen molar-refractivity contribution in [2.24, 2.45) is 0 Å². The maximum absolute atomic E-state index is 13.4. The maximum atomic E-state index is 13.4. The molecule has 0 aliphatic rings. The lowest BCUT2D eigenvalue weighted by Crippen LogP contribution is -2.20. The van der Waals surface area contributed by atoms with Crippen molar-refractivity contribution in [3.8, 4) is 11.5 Å². The molecule has 2 aromatic heterocycles. The maximum Gasteiger partial charge on any atom is 0.200 e. The fourth-order valence-electron chi connectivity index (χ4n) is 3.57. The van der Waals surface area contributed by atoms with Gasteiger partial charge in [0.15, 0.2) is 17.3 Å². The van der Waals surface area contributed by atoms with Crippen LogP contribution in [0.25, 0.3) is 10.9 Å². The van der Waals surface area contributed by atoms with Crippen LogP contribution in [0.3, 0.4) is 0 Å². The minimum Gasteiger partial charge on any atom is -0.493 e. The zero-order chi connectivity index (χ0) is 22.8. The number of fused-ring (bicyclic) bond motifs is 1. The first-order chi connectivity index (χ1) is 15.4. The van der Waals surface area contributed by atoms with Crippen molar-refractivity contribution in [2.45, 2.75) is 13.5 Å². The molecule has 0 amide bonds. The van der Waals surface area contributed by atoms with E-state index in [0.717, 1.165) is 11.1 Å². The van der Waals surface area contributed by atoms with Gasteiger partial charge in [-0.15, -0.1) is 0 Å². The zero-order valence-electron chi connectivity index (χ0n) is 17.9. The van der Waals surface area contributed by atoms with Gasteiger partial charge in [-0.1, -0.05) is 47.5 Å². The number of aromatic nitrogens is 2. The van der Waals surface area contributed by atoms with E-state index < -0.39 is 0 Å². The van der Waals surface area contributed by atoms with Gasteiger partial charge in [-0.25, -0.2) is 4.98 Å². The number of hydrogen-bond donors (Lipinski definition) is 0. The Morgan fingerprint density at radius 2 is 1.72 bits per heavy atom. The van der Waals surface area contributed by atoms with Crippen molar-refractivity contribution in [2.75, 3.05) is 14.2 Å². The fraction of sp³-hybridized carbons (Fsp3) is 0.160. The zero-order valence-corrected chi connectivity index (χ0v) is 18.6. The minimum absolute atomic E-state index is 0.0792. The summed E-state index contributed by atoms with van der Waals surface area (Å²) in [5.41, 5.74) is 2.68. The fourth-order valence-corrected chi connectivity index (χ4v) is 3.68. The minimum atomic E-state index is -0.364. The van der Waals surface area contributed by atoms with E-state index >= 15 is 0 Å². The van der Waals surface area contributed by atoms with Crippen molar-refractivity contribution in [3.05, 3.63) is 98.6 Å². The van der Waals surface area contributed by atoms with Gasteiger partial charge in [0, 0.05) is 30.6 Å². The van der Waals surface area contributed by atoms with Gasteiger partial charge in [-0.3, -0.25) is 9.59 Å². The number of carbonyl (C=O) groups excluding carboxylic acids is 1. The molecular formula is C25H21ClN2O4. The van der Waals surface area contributed by atoms with Gasteiger partial charge in [-0.2, -0.15) is 0 Å². The quantitative estimate of drug-likeness (QED) is 0.317. The number of pyridine rings is 2. The van der Waals surface area contributed by atoms with Crippen molar-refractivity contribution in [3.63, 3.8) is 0 Å². The lowest BCUT2D eigenvalue weighted by atomic mass is 10.0. The average Bonchev–Trinajstić information content (AvgIpc) is 2.81. The summed E-state index contributed by atoms with van der Waals surface area (Å²) < 4.78 is 12.7. The summed E-state index contributed by atoms with van der Waals surface area (Å²) in [6.45, 7) is 2.32. The first kappa shape index (κ1) is 21.6. The molecule has 6 nitrogen and oxygen atoms in total. The molecule has 4 aromatic rings. The summed E-state index contributed by atoms with van der Waals surface area (Å²) >= 11 is 5.91. The molecule has 0 radical (unpaired) electrons. The summed E-state index contributed by atoms with van der Waals surface area (Å²) in [5.74, 6) is 0.561. The van der Waals surface area contributed by atoms with E-state index in [9.17, 15) is 9.59 Å². The molecule has 0 saturated heterocycles. The highest BCUT2D eigenvalue weighted by atomic mass is 35.5. The van der Waals surface area contributed by atoms with Gasteiger partial charge in [-0.05, 0) is 24.6 Å². The SMILES string of the molecule is COc1cc2c(=O)c(C(=O)c3ccc(C)cc3)cn(Cc3ccc(Cl)nc3)c2cc1OC. The first-order valence-electron chi connectivity index (χ1n) is 9.92. The standard InChI is InChI=1S/C25H21ClN2O4/c1-15-4-7-17(8-5-15)24(29)19-14-28(13-16-6-9-23(26)27-12-16)20-11-22(32-3)21(31-2)10-18(20)25(19)30/h4-12,14H,13H2,1-3H3. The average molecular weight is 449 g/mol. The number of rotatable bonds is 6. The molecule has 0 fully saturated rings. The Balaban J connectivity index is 1.95. The Hall–Kier alpha value is -3.64. The molecule has 7 heteroatoms. The summed E-state index contributed by atoms with van der Waals surface area (Å²) in [7, 11) is 3.04. The van der Waals surface area contributed by atoms with Crippen LogP contribution in [0.2, 0.25) is 5.15 Å². The highest BCUT2D eigenvalue weighted by Gasteiger charge is 2.19. The predicted octanol–water partition coefficient (Wildman–Crippen LogP) is 4.65. The number of aryl methyl sites for hydroxylation is 1. The second kappa shape index (κ2) is 8.85. The summed E-state index contributed by atoms with van der Waals surface area (Å²) in [6, 6.07) is 14.0. The van der Waals surface area contributed by atoms with Gasteiger partial charge in [0.25, 0.3) is 0 Å². The smallest absolute Gasteiger partial charge is 0.200 e. The molecule has 0 saturated carbocycles. The molecule has 0 aliphatic carbocycles. The number of hydrogen-bond acceptors (Lipinski definition) is 5. The first-order valence-corrected chi connectivity index (χ1v) is 10.3. The molecular weight excluding hydrogens is 428 g/mol. The predicted molar refractivity (Wildman–Crippen MR) is 124 cm³/mol. The van der Waals surface area contributed by atoms with Crippen LogP contribution in [0.15, 0.2) is 65.7 Å². The molecule has 4 rings (SSSR count). The summed E-state index contributed by atoms with van der Waals surface area (Å²) in [5, 5.41) is 0.752. The van der Waals surface area contributed by atoms with E-state index in [2.05, 4.69) is 4.98 Å². The molecule has 0 aliphatic heterocycles. The van der Waals surface area contributed by atoms with E-state index in [1.807, 2.05) is 29.7 Å². The van der Waals surface area contributed by atoms with Crippen molar-refractivity contribution in [1.29, 1.82) is 0 Å². The third-order valence-electron chi connectivity index (χ3n) is 5.29. The molecule has 2 aromatic carbocycles. The number of benzene rings is 2. The second-order valence-electron chi connectivity index (χ2n) is 7.41. The molecule has 0 unspecified atom stereocenters. The Bertz CT molecular complexity index is 1360. The van der Waals surface area contributed by atoms with E-state index in [1.165, 1.54) is 14.2 Å². The van der Waals surface area contributed by atoms with Gasteiger partial charge in [0.2, 0.25) is 5.43 Å². The molecule has 0 spiro atoms. The Labute approximate surface area is 190 Å². The van der Waals surface area contributed by atoms with Crippen molar-refractivity contribution < 1.29 is 14.3 Å². The van der Waals surface area contributed by atoms with Crippen LogP contribution in [-0.4, -0.2) is 29.6 Å². The number of methoxy groups -OCH3 is 2. The van der Waals surface area contributed by atoms with Crippen LogP contribution < -0.4 is 14.9 Å². The van der Waals surface area contributed by atoms with E-state index in [-0.39, 0.29) is 16.8 Å². The molecule has 162 valence electrons. The Morgan fingerprint density at radius 3 is 2.34 bits per heavy atom. The lowest BCUT2D eigenvalue weighted by molar-refractivity contribution is 0.103. The van der Waals surface area contributed by atoms with Crippen LogP contribution in [-0.2, 0) is 6.54 Å². The van der Waals surface area contributed by atoms with Crippen molar-refractivity contribution in [1.82, 2.24) is 9.55 Å². The third kappa shape index (κ3) is 4.09. The van der Waals surface area contributed by atoms with Gasteiger partial charge < -0.3 is 14.0 Å². The van der Waals surface area contributed by atoms with Gasteiger partial charge in [0.1, 0.15) is 5.15 Å². The largest absolute Gasteiger partial charge is 0.493 e. The molecule has 0 atom stereocenters. The van der Waals surface area contributed by atoms with Crippen molar-refractivity contribution >= 4 is 28.3 Å². The number of carbonyl (C=O) groups is 1. The van der Waals surface area contributed by atoms with Crippen LogP contribution in [0.4, 0.5) is 0 Å². The van der Waals surface area contributed by atoms with Gasteiger partial charge in [0.05, 0.1) is 30.7 Å². The van der Waals surface area contributed by atoms with Crippen LogP contribution in [0.1, 0.15) is 27.0 Å². The summed E-state index contributed by atoms with van der Waals surface area (Å²) in [4.78, 5) is 30.7. The highest BCUT2D eigenvalue weighted by molar-refractivity contribution is 6.29. The molecule has 0 bridgehead atoms. The van der Waals surface area contributed by atoms with Gasteiger partial charge >= 0.3 is 0 Å². The summed E-state index contributed by atoms with van der Waals surface area (Å²) in [6.07, 6.45) is 3.25. The Morgan fingerprint density at radius 1 is 1.03 bits per heavy atom. The third-order valence-corrected chi connectivity index (χ3v) is 5.51. The number of ketones is 1. The van der Waals surface area contributed by atoms with Crippen LogP contribution in [0.5, 0.6) is 11.5 Å². The lowest BCUT2D eigenvalue weighted by Gasteiger charge is -2.16. The highest BCUT2D eigenvalue weighted by Crippen LogP contribution is 2.31. The van der Waals surface area contributed by atoms with E-state index in [1.54, 1.807) is 42.7 Å². The van der Waals surface area contributed by atoms with Crippen LogP contribution >= 0.6 is 11.6 Å². The topological polar surface area (TPSA) is 70.4 Å². The monoisotopic (exact) mass is 448 g/mol. The van der Waals surface area contributed by atoms with Crippen LogP contribution in [0, 0.1) is 6.92 Å². The normalized spacial score (nSPS) is 10.9. The van der Waals surface area contributed by atoms with E-state index in [0.29, 0.717) is 39.7 Å². The number of nitrogens with zero attached hydrogens (tertiary/aromatic N) is 2. The number of halogens is 1. The molecule has 2 heterocycles. The number of ether oxygens (including phenoxy) is 2. The molecule has 32 heavy (non-hydrogen) atoms.